The molecule has 0 amide bonds. The summed E-state index contributed by atoms with van der Waals surface area (Å²) in [5, 5.41) is 12.9. The normalized spacial score (nSPS) is 25.1. The second-order valence-corrected chi connectivity index (χ2v) is 15.1. The van der Waals surface area contributed by atoms with Gasteiger partial charge < -0.3 is 10.0 Å². The highest BCUT2D eigenvalue weighted by Gasteiger charge is 2.44. The van der Waals surface area contributed by atoms with Crippen molar-refractivity contribution in [1.29, 1.82) is 0 Å². The summed E-state index contributed by atoms with van der Waals surface area (Å²) in [5.74, 6) is -0.875. The van der Waals surface area contributed by atoms with Gasteiger partial charge in [0.1, 0.15) is 8.07 Å². The molecule has 1 unspecified atom stereocenters. The highest BCUT2D eigenvalue weighted by atomic mass is 28.3. The number of anilines is 1. The van der Waals surface area contributed by atoms with E-state index in [9.17, 15) is 9.90 Å². The molecule has 2 aromatic carbocycles. The SMILES string of the molecule is CC1(N2CCC2)C=CC2=C(c3ccccc3C(=O)O)c3ccc(N4CCC4)cc3[Si](C)(C)C2=C1. The highest BCUT2D eigenvalue weighted by molar-refractivity contribution is 6.97. The lowest BCUT2D eigenvalue weighted by Gasteiger charge is -2.48. The molecule has 2 fully saturated rings. The molecular weight excluding hydrogens is 436 g/mol. The van der Waals surface area contributed by atoms with Gasteiger partial charge in [0.15, 0.2) is 0 Å². The summed E-state index contributed by atoms with van der Waals surface area (Å²) in [4.78, 5) is 17.2. The van der Waals surface area contributed by atoms with Crippen LogP contribution >= 0.6 is 0 Å². The van der Waals surface area contributed by atoms with Crippen LogP contribution in [0.1, 0.15) is 41.3 Å². The van der Waals surface area contributed by atoms with Gasteiger partial charge in [-0.15, -0.1) is 0 Å². The Morgan fingerprint density at radius 1 is 1.00 bits per heavy atom. The molecule has 6 rings (SSSR count). The smallest absolute Gasteiger partial charge is 0.336 e. The molecule has 3 heterocycles. The van der Waals surface area contributed by atoms with Crippen molar-refractivity contribution in [3.8, 4) is 0 Å². The topological polar surface area (TPSA) is 43.8 Å². The van der Waals surface area contributed by atoms with Crippen LogP contribution in [0.5, 0.6) is 0 Å². The number of hydrogen-bond acceptors (Lipinski definition) is 3. The number of allylic oxidation sites excluding steroid dienone is 3. The van der Waals surface area contributed by atoms with Crippen molar-refractivity contribution < 1.29 is 9.90 Å². The van der Waals surface area contributed by atoms with Crippen molar-refractivity contribution in [1.82, 2.24) is 4.90 Å². The first kappa shape index (κ1) is 21.6. The van der Waals surface area contributed by atoms with E-state index in [4.69, 9.17) is 0 Å². The van der Waals surface area contributed by atoms with Gasteiger partial charge in [-0.3, -0.25) is 4.90 Å². The number of carboxylic acid groups (broad SMARTS) is 1. The molecule has 2 aromatic rings. The fourth-order valence-corrected chi connectivity index (χ4v) is 9.21. The highest BCUT2D eigenvalue weighted by Crippen LogP contribution is 2.45. The summed E-state index contributed by atoms with van der Waals surface area (Å²) in [5.41, 5.74) is 5.90. The maximum Gasteiger partial charge on any atom is 0.336 e. The number of benzene rings is 2. The molecule has 174 valence electrons. The first-order valence-corrected chi connectivity index (χ1v) is 15.4. The number of likely N-dealkylation sites (tertiary alicyclic amines) is 1. The average Bonchev–Trinajstić information content (AvgIpc) is 2.72. The number of carbonyl (C=O) groups is 1. The van der Waals surface area contributed by atoms with Gasteiger partial charge in [-0.2, -0.15) is 0 Å². The van der Waals surface area contributed by atoms with Gasteiger partial charge >= 0.3 is 5.97 Å². The zero-order chi connectivity index (χ0) is 23.7. The van der Waals surface area contributed by atoms with Crippen LogP contribution < -0.4 is 10.1 Å². The third kappa shape index (κ3) is 3.10. The zero-order valence-electron chi connectivity index (χ0n) is 20.3. The fraction of sp³-hybridized carbons (Fsp3) is 0.345. The van der Waals surface area contributed by atoms with Crippen LogP contribution in [0, 0.1) is 0 Å². The number of nitrogens with zero attached hydrogens (tertiary/aromatic N) is 2. The van der Waals surface area contributed by atoms with E-state index in [0.717, 1.165) is 37.3 Å². The van der Waals surface area contributed by atoms with Crippen molar-refractivity contribution in [2.75, 3.05) is 31.1 Å². The van der Waals surface area contributed by atoms with Crippen LogP contribution in [0.2, 0.25) is 13.1 Å². The Morgan fingerprint density at radius 2 is 1.74 bits per heavy atom. The lowest BCUT2D eigenvalue weighted by atomic mass is 9.83. The quantitative estimate of drug-likeness (QED) is 0.653. The standard InChI is InChI=1S/C29H32N2O2Si/c1-29(31-16-7-17-31)13-12-24-26(19-29)34(2,3)25-18-20(30-14-6-15-30)10-11-23(25)27(24)21-8-4-5-9-22(21)28(32)33/h4-5,8-13,18-19H,6-7,14-17H2,1-3H3,(H,32,33). The molecule has 4 nitrogen and oxygen atoms in total. The fourth-order valence-electron chi connectivity index (χ4n) is 6.00. The number of fused-ring (bicyclic) bond motifs is 2. The van der Waals surface area contributed by atoms with Crippen LogP contribution in [-0.4, -0.2) is 55.8 Å². The van der Waals surface area contributed by atoms with Crippen molar-refractivity contribution in [3.63, 3.8) is 0 Å². The molecule has 0 saturated carbocycles. The molecule has 3 aliphatic heterocycles. The van der Waals surface area contributed by atoms with Gasteiger partial charge in [-0.25, -0.2) is 4.79 Å². The summed E-state index contributed by atoms with van der Waals surface area (Å²) in [6.45, 7) is 11.8. The van der Waals surface area contributed by atoms with E-state index in [1.165, 1.54) is 40.0 Å². The minimum Gasteiger partial charge on any atom is -0.478 e. The average molecular weight is 469 g/mol. The molecule has 4 aliphatic rings. The molecule has 0 spiro atoms. The minimum absolute atomic E-state index is 0.0780. The molecule has 5 heteroatoms. The molecule has 1 atom stereocenters. The van der Waals surface area contributed by atoms with E-state index in [1.54, 1.807) is 6.07 Å². The zero-order valence-corrected chi connectivity index (χ0v) is 21.3. The first-order chi connectivity index (χ1) is 16.3. The van der Waals surface area contributed by atoms with E-state index >= 15 is 0 Å². The largest absolute Gasteiger partial charge is 0.478 e. The summed E-state index contributed by atoms with van der Waals surface area (Å²) < 4.78 is 0. The number of rotatable bonds is 4. The second kappa shape index (κ2) is 7.55. The van der Waals surface area contributed by atoms with E-state index in [-0.39, 0.29) is 5.54 Å². The lowest BCUT2D eigenvalue weighted by molar-refractivity contribution is 0.0696. The molecule has 0 aromatic heterocycles. The van der Waals surface area contributed by atoms with Crippen LogP contribution in [0.15, 0.2) is 71.5 Å². The van der Waals surface area contributed by atoms with Crippen LogP contribution in [0.4, 0.5) is 5.69 Å². The van der Waals surface area contributed by atoms with E-state index < -0.39 is 14.0 Å². The van der Waals surface area contributed by atoms with Gasteiger partial charge in [0.2, 0.25) is 0 Å². The van der Waals surface area contributed by atoms with Gasteiger partial charge in [-0.1, -0.05) is 55.6 Å². The van der Waals surface area contributed by atoms with Crippen molar-refractivity contribution in [2.45, 2.75) is 38.4 Å². The Labute approximate surface area is 202 Å². The maximum atomic E-state index is 12.2. The van der Waals surface area contributed by atoms with Crippen LogP contribution in [0.25, 0.3) is 5.57 Å². The van der Waals surface area contributed by atoms with E-state index in [0.29, 0.717) is 5.56 Å². The Hall–Kier alpha value is -2.89. The Kier molecular flexibility index (Phi) is 4.81. The van der Waals surface area contributed by atoms with E-state index in [2.05, 4.69) is 66.2 Å². The van der Waals surface area contributed by atoms with Gasteiger partial charge in [0, 0.05) is 31.9 Å². The number of carboxylic acids is 1. The Morgan fingerprint density at radius 3 is 2.38 bits per heavy atom. The summed E-state index contributed by atoms with van der Waals surface area (Å²) in [6.07, 6.45) is 9.65. The maximum absolute atomic E-state index is 12.2. The predicted molar refractivity (Wildman–Crippen MR) is 142 cm³/mol. The summed E-state index contributed by atoms with van der Waals surface area (Å²) in [7, 11) is -2.03. The van der Waals surface area contributed by atoms with Crippen LogP contribution in [-0.2, 0) is 0 Å². The number of aromatic carboxylic acids is 1. The third-order valence-electron chi connectivity index (χ3n) is 8.39. The molecule has 1 N–H and O–H groups in total. The third-order valence-corrected chi connectivity index (χ3v) is 11.9. The van der Waals surface area contributed by atoms with Gasteiger partial charge in [0.05, 0.1) is 11.1 Å². The van der Waals surface area contributed by atoms with Crippen molar-refractivity contribution in [3.05, 3.63) is 88.2 Å². The molecule has 2 saturated heterocycles. The minimum atomic E-state index is -2.03. The summed E-state index contributed by atoms with van der Waals surface area (Å²) >= 11 is 0. The molecule has 0 bridgehead atoms. The molecule has 34 heavy (non-hydrogen) atoms. The number of hydrogen-bond donors (Lipinski definition) is 1. The molecule has 1 aliphatic carbocycles. The van der Waals surface area contributed by atoms with Gasteiger partial charge in [0.25, 0.3) is 0 Å². The molecule has 0 radical (unpaired) electrons. The Balaban J connectivity index is 1.63. The second-order valence-electron chi connectivity index (χ2n) is 10.8. The molecular formula is C29H32N2O2Si. The predicted octanol–water partition coefficient (Wildman–Crippen LogP) is 4.83. The summed E-state index contributed by atoms with van der Waals surface area (Å²) in [6, 6.07) is 14.4. The van der Waals surface area contributed by atoms with Crippen molar-refractivity contribution >= 4 is 30.5 Å². The van der Waals surface area contributed by atoms with Crippen molar-refractivity contribution in [2.24, 2.45) is 0 Å². The van der Waals surface area contributed by atoms with Crippen LogP contribution in [0.3, 0.4) is 0 Å². The van der Waals surface area contributed by atoms with E-state index in [1.807, 2.05) is 18.2 Å². The first-order valence-electron chi connectivity index (χ1n) is 12.4. The lowest BCUT2D eigenvalue weighted by Crippen LogP contribution is -2.55. The Bertz CT molecular complexity index is 1300. The van der Waals surface area contributed by atoms with Gasteiger partial charge in [-0.05, 0) is 70.6 Å². The monoisotopic (exact) mass is 468 g/mol.